The van der Waals surface area contributed by atoms with Gasteiger partial charge >= 0.3 is 0 Å². The second-order valence-corrected chi connectivity index (χ2v) is 5.66. The molecule has 1 aliphatic rings. The fraction of sp³-hybridized carbons (Fsp3) is 0.167. The molecule has 0 aliphatic heterocycles. The Morgan fingerprint density at radius 2 is 2.04 bits per heavy atom. The standard InChI is InChI=1S/C18H15ClFNO2/c1-23-18-13(5-4-6-15(18)20)17(22)14-11-12(19)7-8-16(14)21-9-2-3-10-21/h2-7,9-11,16H,8H2,1H3. The summed E-state index contributed by atoms with van der Waals surface area (Å²) in [7, 11) is 1.35. The molecular formula is C18H15ClFNO2. The maximum absolute atomic E-state index is 13.9. The maximum Gasteiger partial charge on any atom is 0.195 e. The molecule has 0 N–H and O–H groups in total. The third-order valence-electron chi connectivity index (χ3n) is 3.85. The van der Waals surface area contributed by atoms with Gasteiger partial charge in [0.2, 0.25) is 0 Å². The van der Waals surface area contributed by atoms with Gasteiger partial charge in [0.25, 0.3) is 0 Å². The van der Waals surface area contributed by atoms with Gasteiger partial charge in [0.1, 0.15) is 0 Å². The third-order valence-corrected chi connectivity index (χ3v) is 4.12. The number of halogens is 2. The summed E-state index contributed by atoms with van der Waals surface area (Å²) in [5, 5.41) is 0.507. The van der Waals surface area contributed by atoms with Crippen LogP contribution in [0.5, 0.6) is 5.75 Å². The molecule has 0 saturated carbocycles. The maximum atomic E-state index is 13.9. The normalized spacial score (nSPS) is 17.4. The Kier molecular flexibility index (Phi) is 4.35. The van der Waals surface area contributed by atoms with Crippen molar-refractivity contribution >= 4 is 17.4 Å². The molecule has 0 spiro atoms. The number of nitrogens with zero attached hydrogens (tertiary/aromatic N) is 1. The first-order valence-corrected chi connectivity index (χ1v) is 7.56. The van der Waals surface area contributed by atoms with E-state index in [-0.39, 0.29) is 23.1 Å². The minimum Gasteiger partial charge on any atom is -0.493 e. The number of benzene rings is 1. The lowest BCUT2D eigenvalue weighted by atomic mass is 9.91. The number of hydrogen-bond donors (Lipinski definition) is 0. The molecule has 1 heterocycles. The van der Waals surface area contributed by atoms with Gasteiger partial charge < -0.3 is 9.30 Å². The molecule has 1 aromatic heterocycles. The Labute approximate surface area is 138 Å². The summed E-state index contributed by atoms with van der Waals surface area (Å²) in [4.78, 5) is 13.0. The van der Waals surface area contributed by atoms with Crippen LogP contribution in [-0.4, -0.2) is 17.5 Å². The largest absolute Gasteiger partial charge is 0.493 e. The van der Waals surface area contributed by atoms with Crippen LogP contribution in [0.1, 0.15) is 22.8 Å². The van der Waals surface area contributed by atoms with Crippen LogP contribution in [0.25, 0.3) is 0 Å². The predicted octanol–water partition coefficient (Wildman–Crippen LogP) is 4.51. The first-order chi connectivity index (χ1) is 11.1. The average Bonchev–Trinajstić information content (AvgIpc) is 3.08. The average molecular weight is 332 g/mol. The van der Waals surface area contributed by atoms with Crippen LogP contribution in [0.15, 0.2) is 65.5 Å². The minimum absolute atomic E-state index is 0.0460. The lowest BCUT2D eigenvalue weighted by molar-refractivity contribution is 0.101. The minimum atomic E-state index is -0.561. The van der Waals surface area contributed by atoms with Crippen molar-refractivity contribution < 1.29 is 13.9 Å². The van der Waals surface area contributed by atoms with E-state index >= 15 is 0 Å². The van der Waals surface area contributed by atoms with Gasteiger partial charge in [-0.05, 0) is 36.8 Å². The first-order valence-electron chi connectivity index (χ1n) is 7.18. The van der Waals surface area contributed by atoms with Crippen LogP contribution in [0, 0.1) is 5.82 Å². The van der Waals surface area contributed by atoms with Crippen LogP contribution in [0.2, 0.25) is 0 Å². The SMILES string of the molecule is COc1c(F)cccc1C(=O)C1=CC(Cl)=CCC1n1cccc1. The van der Waals surface area contributed by atoms with E-state index in [0.29, 0.717) is 17.0 Å². The molecule has 3 nitrogen and oxygen atoms in total. The molecule has 1 unspecified atom stereocenters. The molecule has 118 valence electrons. The molecule has 3 rings (SSSR count). The summed E-state index contributed by atoms with van der Waals surface area (Å²) in [6.07, 6.45) is 7.89. The molecule has 23 heavy (non-hydrogen) atoms. The molecule has 0 fully saturated rings. The molecule has 0 saturated heterocycles. The second-order valence-electron chi connectivity index (χ2n) is 5.22. The van der Waals surface area contributed by atoms with E-state index in [9.17, 15) is 9.18 Å². The highest BCUT2D eigenvalue weighted by Crippen LogP contribution is 2.34. The summed E-state index contributed by atoms with van der Waals surface area (Å²) in [5.41, 5.74) is 0.708. The van der Waals surface area contributed by atoms with E-state index in [1.807, 2.05) is 35.2 Å². The summed E-state index contributed by atoms with van der Waals surface area (Å²) in [5.74, 6) is -0.893. The number of para-hydroxylation sites is 1. The first kappa shape index (κ1) is 15.6. The zero-order valence-corrected chi connectivity index (χ0v) is 13.3. The number of methoxy groups -OCH3 is 1. The van der Waals surface area contributed by atoms with Gasteiger partial charge in [-0.3, -0.25) is 4.79 Å². The highest BCUT2D eigenvalue weighted by Gasteiger charge is 2.28. The summed E-state index contributed by atoms with van der Waals surface area (Å²) < 4.78 is 20.9. The van der Waals surface area contributed by atoms with E-state index in [1.165, 1.54) is 19.2 Å². The van der Waals surface area contributed by atoms with Gasteiger partial charge in [-0.1, -0.05) is 23.7 Å². The van der Waals surface area contributed by atoms with Crippen molar-refractivity contribution in [3.63, 3.8) is 0 Å². The number of allylic oxidation sites excluding steroid dienone is 4. The van der Waals surface area contributed by atoms with Crippen LogP contribution in [-0.2, 0) is 0 Å². The number of carbonyl (C=O) groups excluding carboxylic acids is 1. The van der Waals surface area contributed by atoms with Crippen molar-refractivity contribution in [2.75, 3.05) is 7.11 Å². The van der Waals surface area contributed by atoms with Gasteiger partial charge in [-0.25, -0.2) is 4.39 Å². The lowest BCUT2D eigenvalue weighted by Gasteiger charge is -2.24. The summed E-state index contributed by atoms with van der Waals surface area (Å²) in [6, 6.07) is 7.94. The van der Waals surface area contributed by atoms with Gasteiger partial charge in [0.05, 0.1) is 18.7 Å². The highest BCUT2D eigenvalue weighted by molar-refractivity contribution is 6.32. The van der Waals surface area contributed by atoms with E-state index in [2.05, 4.69) is 0 Å². The molecule has 2 aromatic rings. The molecule has 1 aromatic carbocycles. The van der Waals surface area contributed by atoms with Gasteiger partial charge in [-0.2, -0.15) is 0 Å². The van der Waals surface area contributed by atoms with Gasteiger partial charge in [0.15, 0.2) is 17.3 Å². The zero-order valence-electron chi connectivity index (χ0n) is 12.5. The van der Waals surface area contributed by atoms with Gasteiger partial charge in [-0.15, -0.1) is 0 Å². The topological polar surface area (TPSA) is 31.2 Å². The van der Waals surface area contributed by atoms with E-state index in [1.54, 1.807) is 12.1 Å². The Hall–Kier alpha value is -2.33. The number of ketones is 1. The fourth-order valence-electron chi connectivity index (χ4n) is 2.76. The van der Waals surface area contributed by atoms with Crippen molar-refractivity contribution in [1.29, 1.82) is 0 Å². The molecule has 1 aliphatic carbocycles. The Morgan fingerprint density at radius 3 is 2.74 bits per heavy atom. The number of rotatable bonds is 4. The van der Waals surface area contributed by atoms with E-state index in [0.717, 1.165) is 0 Å². The summed E-state index contributed by atoms with van der Waals surface area (Å²) >= 11 is 6.09. The number of Topliss-reactive ketones (excluding diaryl/α,β-unsaturated/α-hetero) is 1. The van der Waals surface area contributed by atoms with Crippen molar-refractivity contribution in [2.45, 2.75) is 12.5 Å². The number of aromatic nitrogens is 1. The van der Waals surface area contributed by atoms with E-state index in [4.69, 9.17) is 16.3 Å². The number of ether oxygens (including phenoxy) is 1. The number of carbonyl (C=O) groups is 1. The quantitative estimate of drug-likeness (QED) is 0.772. The molecule has 0 amide bonds. The van der Waals surface area contributed by atoms with E-state index < -0.39 is 5.82 Å². The van der Waals surface area contributed by atoms with Crippen molar-refractivity contribution in [3.05, 3.63) is 76.9 Å². The van der Waals surface area contributed by atoms with Gasteiger partial charge in [0, 0.05) is 23.0 Å². The van der Waals surface area contributed by atoms with Crippen molar-refractivity contribution in [1.82, 2.24) is 4.57 Å². The monoisotopic (exact) mass is 331 g/mol. The Bertz CT molecular complexity index is 793. The second kappa shape index (κ2) is 6.42. The van der Waals surface area contributed by atoms with Crippen LogP contribution < -0.4 is 4.74 Å². The zero-order chi connectivity index (χ0) is 16.4. The third kappa shape index (κ3) is 2.94. The highest BCUT2D eigenvalue weighted by atomic mass is 35.5. The molecule has 1 atom stereocenters. The molecule has 0 radical (unpaired) electrons. The van der Waals surface area contributed by atoms with Crippen molar-refractivity contribution in [2.24, 2.45) is 0 Å². The molecule has 0 bridgehead atoms. The fourth-order valence-corrected chi connectivity index (χ4v) is 2.97. The van der Waals surface area contributed by atoms with Crippen LogP contribution in [0.3, 0.4) is 0 Å². The molecular weight excluding hydrogens is 317 g/mol. The molecule has 5 heteroatoms. The lowest BCUT2D eigenvalue weighted by Crippen LogP contribution is -2.19. The summed E-state index contributed by atoms with van der Waals surface area (Å²) in [6.45, 7) is 0. The van der Waals surface area contributed by atoms with Crippen molar-refractivity contribution in [3.8, 4) is 5.75 Å². The van der Waals surface area contributed by atoms with Crippen LogP contribution >= 0.6 is 11.6 Å². The Balaban J connectivity index is 2.05. The Morgan fingerprint density at radius 1 is 1.30 bits per heavy atom. The number of hydrogen-bond acceptors (Lipinski definition) is 2. The predicted molar refractivity (Wildman–Crippen MR) is 87.4 cm³/mol. The smallest absolute Gasteiger partial charge is 0.195 e. The van der Waals surface area contributed by atoms with Crippen LogP contribution in [0.4, 0.5) is 4.39 Å².